The number of methoxy groups -OCH3 is 1. The van der Waals surface area contributed by atoms with Crippen molar-refractivity contribution in [1.29, 1.82) is 0 Å². The van der Waals surface area contributed by atoms with Crippen molar-refractivity contribution < 1.29 is 32.2 Å². The lowest BCUT2D eigenvalue weighted by Crippen LogP contribution is -2.49. The lowest BCUT2D eigenvalue weighted by molar-refractivity contribution is 0.0733. The number of piperazine rings is 2. The van der Waals surface area contributed by atoms with E-state index in [0.29, 0.717) is 104 Å². The molecule has 18 heteroatoms. The minimum atomic E-state index is -0.524. The molecule has 0 saturated carbocycles. The summed E-state index contributed by atoms with van der Waals surface area (Å²) in [6.45, 7) is 13.7. The van der Waals surface area contributed by atoms with Gasteiger partial charge in [0.15, 0.2) is 23.0 Å². The third kappa shape index (κ3) is 11.8. The molecule has 2 aliphatic rings. The number of amides is 2. The summed E-state index contributed by atoms with van der Waals surface area (Å²) in [4.78, 5) is 62.2. The second-order valence-corrected chi connectivity index (χ2v) is 15.0. The Morgan fingerprint density at radius 3 is 1.57 bits per heavy atom. The van der Waals surface area contributed by atoms with E-state index in [-0.39, 0.29) is 51.7 Å². The van der Waals surface area contributed by atoms with Gasteiger partial charge in [-0.05, 0) is 44.5 Å². The number of ether oxygens (including phenoxy) is 2. The maximum Gasteiger partial charge on any atom is 0.275 e. The highest BCUT2D eigenvalue weighted by molar-refractivity contribution is 6.05. The molecule has 0 bridgehead atoms. The zero-order valence-electron chi connectivity index (χ0n) is 39.3. The molecular formula is C49H58F3N9O6. The van der Waals surface area contributed by atoms with Crippen molar-refractivity contribution in [2.75, 3.05) is 75.9 Å². The lowest BCUT2D eigenvalue weighted by Gasteiger charge is -2.36. The van der Waals surface area contributed by atoms with E-state index in [1.807, 2.05) is 30.6 Å². The van der Waals surface area contributed by atoms with Crippen molar-refractivity contribution in [3.8, 4) is 11.5 Å². The zero-order chi connectivity index (χ0) is 48.8. The fourth-order valence-corrected chi connectivity index (χ4v) is 7.58. The number of hydrogen-bond donors (Lipinski definition) is 0. The first-order valence-corrected chi connectivity index (χ1v) is 22.2. The van der Waals surface area contributed by atoms with Gasteiger partial charge in [-0.2, -0.15) is 10.2 Å². The van der Waals surface area contributed by atoms with Crippen LogP contribution in [0.3, 0.4) is 0 Å². The predicted molar refractivity (Wildman–Crippen MR) is 255 cm³/mol. The number of rotatable bonds is 8. The Balaban J connectivity index is 0.000000217. The molecular weight excluding hydrogens is 868 g/mol. The molecule has 6 aromatic rings. The molecule has 356 valence electrons. The van der Waals surface area contributed by atoms with Gasteiger partial charge in [0.2, 0.25) is 0 Å². The summed E-state index contributed by atoms with van der Waals surface area (Å²) < 4.78 is 52.6. The van der Waals surface area contributed by atoms with Crippen LogP contribution in [0.4, 0.5) is 24.5 Å². The lowest BCUT2D eigenvalue weighted by atomic mass is 10.1. The zero-order valence-corrected chi connectivity index (χ0v) is 39.3. The smallest absolute Gasteiger partial charge is 0.275 e. The number of hydrogen-bond acceptors (Lipinski definition) is 11. The van der Waals surface area contributed by atoms with Gasteiger partial charge in [0.05, 0.1) is 48.4 Å². The normalized spacial score (nSPS) is 13.7. The van der Waals surface area contributed by atoms with Crippen LogP contribution in [0.2, 0.25) is 0 Å². The van der Waals surface area contributed by atoms with E-state index in [4.69, 9.17) is 9.47 Å². The van der Waals surface area contributed by atoms with Gasteiger partial charge >= 0.3 is 0 Å². The molecule has 8 rings (SSSR count). The second kappa shape index (κ2) is 23.8. The summed E-state index contributed by atoms with van der Waals surface area (Å²) in [6, 6.07) is 18.4. The van der Waals surface area contributed by atoms with Crippen LogP contribution in [0.1, 0.15) is 62.0 Å². The van der Waals surface area contributed by atoms with Crippen LogP contribution in [-0.4, -0.2) is 112 Å². The second-order valence-electron chi connectivity index (χ2n) is 15.0. The van der Waals surface area contributed by atoms with Crippen molar-refractivity contribution >= 4 is 44.7 Å². The highest BCUT2D eigenvalue weighted by Gasteiger charge is 2.29. The van der Waals surface area contributed by atoms with E-state index in [1.165, 1.54) is 41.7 Å². The van der Waals surface area contributed by atoms with Crippen molar-refractivity contribution in [2.24, 2.45) is 14.1 Å². The van der Waals surface area contributed by atoms with E-state index in [9.17, 15) is 32.3 Å². The molecule has 5 heterocycles. The topological polar surface area (TPSA) is 148 Å². The van der Waals surface area contributed by atoms with Crippen LogP contribution >= 0.6 is 0 Å². The molecule has 15 nitrogen and oxygen atoms in total. The molecule has 3 aromatic carbocycles. The number of anilines is 2. The van der Waals surface area contributed by atoms with Gasteiger partial charge in [-0.3, -0.25) is 24.2 Å². The minimum absolute atomic E-state index is 0.0324. The Labute approximate surface area is 387 Å². The van der Waals surface area contributed by atoms with E-state index in [1.54, 1.807) is 91.5 Å². The van der Waals surface area contributed by atoms with Crippen LogP contribution < -0.4 is 30.4 Å². The summed E-state index contributed by atoms with van der Waals surface area (Å²) in [7, 11) is 4.49. The molecule has 0 radical (unpaired) electrons. The van der Waals surface area contributed by atoms with Gasteiger partial charge in [0.1, 0.15) is 17.3 Å². The molecule has 2 saturated heterocycles. The molecule has 2 fully saturated rings. The first-order chi connectivity index (χ1) is 32.3. The number of carbonyl (C=O) groups is 2. The number of benzene rings is 3. The number of allylic oxidation sites excluding steroid dienone is 2. The number of fused-ring (bicyclic) bond motifs is 2. The van der Waals surface area contributed by atoms with E-state index < -0.39 is 5.82 Å². The van der Waals surface area contributed by atoms with Crippen molar-refractivity contribution in [3.63, 3.8) is 0 Å². The van der Waals surface area contributed by atoms with Gasteiger partial charge in [-0.25, -0.2) is 22.5 Å². The molecule has 0 unspecified atom stereocenters. The SMILES string of the molecule is C/C=C(/F)CC.CC.CCOc1ccc(F)cc1N1CCN(C(=O)c2nn(C)c(=O)c3ccccc23)CC1.COc1c(F)cncc1N1CCN(C(=O)c2nn(C)c(=O)c3ccccc23)CC1. The number of nitrogens with zero attached hydrogens (tertiary/aromatic N) is 9. The van der Waals surface area contributed by atoms with E-state index in [2.05, 4.69) is 15.2 Å². The number of pyridine rings is 1. The van der Waals surface area contributed by atoms with Gasteiger partial charge in [-0.15, -0.1) is 0 Å². The summed E-state index contributed by atoms with van der Waals surface area (Å²) in [5.74, 6) is -0.561. The van der Waals surface area contributed by atoms with Gasteiger partial charge < -0.3 is 29.1 Å². The highest BCUT2D eigenvalue weighted by atomic mass is 19.1. The van der Waals surface area contributed by atoms with Gasteiger partial charge in [0.25, 0.3) is 22.9 Å². The first-order valence-electron chi connectivity index (χ1n) is 22.2. The maximum absolute atomic E-state index is 13.9. The minimum Gasteiger partial charge on any atom is -0.492 e. The third-order valence-corrected chi connectivity index (χ3v) is 11.0. The first kappa shape index (κ1) is 50.8. The summed E-state index contributed by atoms with van der Waals surface area (Å²) >= 11 is 0. The monoisotopic (exact) mass is 925 g/mol. The number of aryl methyl sites for hydroxylation is 2. The molecule has 2 aliphatic heterocycles. The standard InChI is InChI=1S/C22H23FN4O3.C20H20FN5O3.C5H9F.C2H6/c1-3-30-19-9-8-15(23)14-18(19)26-10-12-27(13-11-26)22(29)20-16-6-4-5-7-17(16)21(28)25(2)24-20;1-24-19(27)14-6-4-3-5-13(14)17(23-24)20(28)26-9-7-25(8-10-26)16-12-22-11-15(21)18(16)29-2;1-3-5(6)4-2;1-2/h4-9,14H,3,10-13H2,1-2H3;3-6,11-12H,7-10H2,1-2H3;3H,4H2,1-2H3;1-2H3/b;;5-3+;. The van der Waals surface area contributed by atoms with Crippen molar-refractivity contribution in [3.05, 3.63) is 135 Å². The molecule has 3 aromatic heterocycles. The predicted octanol–water partition coefficient (Wildman–Crippen LogP) is 7.17. The van der Waals surface area contributed by atoms with Gasteiger partial charge in [-0.1, -0.05) is 63.2 Å². The highest BCUT2D eigenvalue weighted by Crippen LogP contribution is 2.32. The van der Waals surface area contributed by atoms with Crippen LogP contribution in [0.15, 0.2) is 101 Å². The molecule has 0 atom stereocenters. The Morgan fingerprint density at radius 1 is 0.687 bits per heavy atom. The molecule has 0 aliphatic carbocycles. The fraction of sp³-hybridized carbons (Fsp3) is 0.367. The Hall–Kier alpha value is -7.24. The van der Waals surface area contributed by atoms with Crippen LogP contribution in [0.25, 0.3) is 21.5 Å². The van der Waals surface area contributed by atoms with Crippen LogP contribution in [0.5, 0.6) is 11.5 Å². The fourth-order valence-electron chi connectivity index (χ4n) is 7.58. The number of aromatic nitrogens is 5. The number of halogens is 3. The summed E-state index contributed by atoms with van der Waals surface area (Å²) in [5.41, 5.74) is 1.29. The quantitative estimate of drug-likeness (QED) is 0.153. The Bertz CT molecular complexity index is 2820. The molecule has 67 heavy (non-hydrogen) atoms. The van der Waals surface area contributed by atoms with E-state index in [0.717, 1.165) is 6.20 Å². The average molecular weight is 926 g/mol. The Morgan fingerprint density at radius 2 is 1.15 bits per heavy atom. The average Bonchev–Trinajstić information content (AvgIpc) is 3.37. The van der Waals surface area contributed by atoms with Crippen molar-refractivity contribution in [1.82, 2.24) is 34.3 Å². The van der Waals surface area contributed by atoms with Gasteiger partial charge in [0, 0.05) is 83.3 Å². The van der Waals surface area contributed by atoms with Crippen LogP contribution in [-0.2, 0) is 14.1 Å². The Kier molecular flexibility index (Phi) is 18.0. The largest absolute Gasteiger partial charge is 0.492 e. The third-order valence-electron chi connectivity index (χ3n) is 11.0. The molecule has 2 amide bonds. The van der Waals surface area contributed by atoms with Crippen LogP contribution in [0, 0.1) is 11.6 Å². The summed E-state index contributed by atoms with van der Waals surface area (Å²) in [5, 5.41) is 10.5. The summed E-state index contributed by atoms with van der Waals surface area (Å²) in [6.07, 6.45) is 4.66. The van der Waals surface area contributed by atoms with Crippen molar-refractivity contribution in [2.45, 2.75) is 41.0 Å². The molecule has 0 N–H and O–H groups in total. The van der Waals surface area contributed by atoms with E-state index >= 15 is 0 Å². The molecule has 0 spiro atoms. The maximum atomic E-state index is 13.9. The number of carbonyl (C=O) groups excluding carboxylic acids is 2.